The number of amides is 1. The van der Waals surface area contributed by atoms with Gasteiger partial charge in [-0.05, 0) is 13.3 Å². The Morgan fingerprint density at radius 1 is 1.67 bits per heavy atom. The van der Waals surface area contributed by atoms with E-state index in [1.807, 2.05) is 0 Å². The quantitative estimate of drug-likeness (QED) is 0.510. The lowest BCUT2D eigenvalue weighted by atomic mass is 9.82. The third-order valence-corrected chi connectivity index (χ3v) is 2.60. The first-order chi connectivity index (χ1) is 6.91. The second-order valence-corrected chi connectivity index (χ2v) is 3.81. The Balaban J connectivity index is 2.87. The van der Waals surface area contributed by atoms with E-state index in [1.165, 1.54) is 13.0 Å². The zero-order valence-electron chi connectivity index (χ0n) is 8.45. The number of allylic oxidation sites excluding steroid dienone is 1. The molecule has 1 saturated heterocycles. The van der Waals surface area contributed by atoms with E-state index in [2.05, 4.69) is 11.9 Å². The SMILES string of the molecule is C=CCC1(C)C(=O)N[C@@H](CC(=O)O)C1=O. The van der Waals surface area contributed by atoms with E-state index < -0.39 is 23.3 Å². The molecule has 0 aromatic heterocycles. The number of aliphatic carboxylic acids is 1. The average molecular weight is 211 g/mol. The molecule has 5 heteroatoms. The molecule has 0 radical (unpaired) electrons. The second kappa shape index (κ2) is 3.84. The van der Waals surface area contributed by atoms with E-state index in [4.69, 9.17) is 5.11 Å². The highest BCUT2D eigenvalue weighted by molar-refractivity contribution is 6.15. The number of rotatable bonds is 4. The van der Waals surface area contributed by atoms with Gasteiger partial charge in [-0.1, -0.05) is 6.08 Å². The molecule has 2 atom stereocenters. The van der Waals surface area contributed by atoms with Crippen molar-refractivity contribution in [2.24, 2.45) is 5.41 Å². The summed E-state index contributed by atoms with van der Waals surface area (Å²) >= 11 is 0. The van der Waals surface area contributed by atoms with Gasteiger partial charge >= 0.3 is 5.97 Å². The molecule has 15 heavy (non-hydrogen) atoms. The van der Waals surface area contributed by atoms with E-state index in [0.29, 0.717) is 0 Å². The minimum atomic E-state index is -1.15. The number of hydrogen-bond acceptors (Lipinski definition) is 3. The summed E-state index contributed by atoms with van der Waals surface area (Å²) in [7, 11) is 0. The predicted octanol–water partition coefficient (Wildman–Crippen LogP) is 0.111. The van der Waals surface area contributed by atoms with E-state index >= 15 is 0 Å². The van der Waals surface area contributed by atoms with Gasteiger partial charge in [-0.25, -0.2) is 0 Å². The molecular formula is C10H13NO4. The Hall–Kier alpha value is -1.65. The highest BCUT2D eigenvalue weighted by Gasteiger charge is 2.50. The van der Waals surface area contributed by atoms with Gasteiger partial charge in [0.05, 0.1) is 12.5 Å². The summed E-state index contributed by atoms with van der Waals surface area (Å²) in [5.41, 5.74) is -1.15. The Bertz CT molecular complexity index is 336. The average Bonchev–Trinajstić information content (AvgIpc) is 2.31. The molecule has 0 aromatic carbocycles. The smallest absolute Gasteiger partial charge is 0.305 e. The Morgan fingerprint density at radius 3 is 2.73 bits per heavy atom. The van der Waals surface area contributed by atoms with Crippen molar-refractivity contribution in [2.75, 3.05) is 0 Å². The lowest BCUT2D eigenvalue weighted by molar-refractivity contribution is -0.140. The summed E-state index contributed by atoms with van der Waals surface area (Å²) in [6, 6.07) is -0.903. The second-order valence-electron chi connectivity index (χ2n) is 3.81. The van der Waals surface area contributed by atoms with Crippen LogP contribution in [0, 0.1) is 5.41 Å². The van der Waals surface area contributed by atoms with Crippen molar-refractivity contribution in [1.82, 2.24) is 5.32 Å². The van der Waals surface area contributed by atoms with Crippen molar-refractivity contribution in [1.29, 1.82) is 0 Å². The van der Waals surface area contributed by atoms with Crippen molar-refractivity contribution in [3.63, 3.8) is 0 Å². The molecule has 0 aromatic rings. The van der Waals surface area contributed by atoms with Crippen molar-refractivity contribution in [2.45, 2.75) is 25.8 Å². The summed E-state index contributed by atoms with van der Waals surface area (Å²) in [4.78, 5) is 33.7. The number of Topliss-reactive ketones (excluding diaryl/α,β-unsaturated/α-hetero) is 1. The molecule has 0 bridgehead atoms. The predicted molar refractivity (Wildman–Crippen MR) is 52.1 cm³/mol. The largest absolute Gasteiger partial charge is 0.481 e. The van der Waals surface area contributed by atoms with Crippen LogP contribution in [-0.4, -0.2) is 28.8 Å². The molecule has 1 fully saturated rings. The molecule has 5 nitrogen and oxygen atoms in total. The molecule has 1 heterocycles. The summed E-state index contributed by atoms with van der Waals surface area (Å²) < 4.78 is 0. The molecule has 1 amide bonds. The fraction of sp³-hybridized carbons (Fsp3) is 0.500. The molecule has 0 aliphatic carbocycles. The monoisotopic (exact) mass is 211 g/mol. The number of ketones is 1. The van der Waals surface area contributed by atoms with Crippen LogP contribution in [-0.2, 0) is 14.4 Å². The van der Waals surface area contributed by atoms with Crippen molar-refractivity contribution < 1.29 is 19.5 Å². The van der Waals surface area contributed by atoms with Crippen LogP contribution in [0.25, 0.3) is 0 Å². The van der Waals surface area contributed by atoms with E-state index in [-0.39, 0.29) is 18.6 Å². The van der Waals surface area contributed by atoms with Crippen LogP contribution in [0.1, 0.15) is 19.8 Å². The van der Waals surface area contributed by atoms with E-state index in [9.17, 15) is 14.4 Å². The summed E-state index contributed by atoms with van der Waals surface area (Å²) in [5.74, 6) is -1.88. The van der Waals surface area contributed by atoms with Crippen LogP contribution in [0.5, 0.6) is 0 Å². The first kappa shape index (κ1) is 11.4. The zero-order valence-corrected chi connectivity index (χ0v) is 8.45. The number of hydrogen-bond donors (Lipinski definition) is 2. The molecule has 1 unspecified atom stereocenters. The minimum Gasteiger partial charge on any atom is -0.481 e. The Morgan fingerprint density at radius 2 is 2.27 bits per heavy atom. The van der Waals surface area contributed by atoms with Crippen LogP contribution in [0.2, 0.25) is 0 Å². The number of carbonyl (C=O) groups excluding carboxylic acids is 2. The lowest BCUT2D eigenvalue weighted by Crippen LogP contribution is -2.32. The van der Waals surface area contributed by atoms with Gasteiger partial charge in [-0.2, -0.15) is 0 Å². The van der Waals surface area contributed by atoms with Crippen LogP contribution in [0.3, 0.4) is 0 Å². The molecule has 1 aliphatic rings. The van der Waals surface area contributed by atoms with Crippen LogP contribution in [0.15, 0.2) is 12.7 Å². The first-order valence-corrected chi connectivity index (χ1v) is 4.60. The summed E-state index contributed by atoms with van der Waals surface area (Å²) in [6.45, 7) is 4.98. The van der Waals surface area contributed by atoms with Gasteiger partial charge in [-0.3, -0.25) is 14.4 Å². The number of carboxylic acids is 1. The number of carbonyl (C=O) groups is 3. The number of carboxylic acid groups (broad SMARTS) is 1. The molecular weight excluding hydrogens is 198 g/mol. The van der Waals surface area contributed by atoms with Crippen LogP contribution in [0.4, 0.5) is 0 Å². The molecule has 1 rings (SSSR count). The maximum absolute atomic E-state index is 11.8. The van der Waals surface area contributed by atoms with Gasteiger partial charge in [0, 0.05) is 0 Å². The highest BCUT2D eigenvalue weighted by Crippen LogP contribution is 2.31. The van der Waals surface area contributed by atoms with E-state index in [1.54, 1.807) is 0 Å². The van der Waals surface area contributed by atoms with Gasteiger partial charge in [0.2, 0.25) is 5.91 Å². The molecule has 82 valence electrons. The van der Waals surface area contributed by atoms with Gasteiger partial charge in [0.15, 0.2) is 5.78 Å². The van der Waals surface area contributed by atoms with Gasteiger partial charge < -0.3 is 10.4 Å². The molecule has 0 saturated carbocycles. The topological polar surface area (TPSA) is 83.5 Å². The van der Waals surface area contributed by atoms with E-state index in [0.717, 1.165) is 0 Å². The summed E-state index contributed by atoms with van der Waals surface area (Å²) in [5, 5.41) is 10.9. The third-order valence-electron chi connectivity index (χ3n) is 2.60. The number of nitrogens with one attached hydrogen (secondary N) is 1. The first-order valence-electron chi connectivity index (χ1n) is 4.60. The molecule has 1 aliphatic heterocycles. The fourth-order valence-corrected chi connectivity index (χ4v) is 1.68. The normalized spacial score (nSPS) is 30.1. The zero-order chi connectivity index (χ0) is 11.6. The third kappa shape index (κ3) is 1.91. The van der Waals surface area contributed by atoms with Crippen molar-refractivity contribution in [3.8, 4) is 0 Å². The Kier molecular flexibility index (Phi) is 2.93. The van der Waals surface area contributed by atoms with Gasteiger partial charge in [0.1, 0.15) is 5.41 Å². The van der Waals surface area contributed by atoms with Crippen LogP contribution < -0.4 is 5.32 Å². The lowest BCUT2D eigenvalue weighted by Gasteiger charge is -2.16. The Labute approximate surface area is 87.2 Å². The molecule has 2 N–H and O–H groups in total. The van der Waals surface area contributed by atoms with Crippen LogP contribution >= 0.6 is 0 Å². The standard InChI is InChI=1S/C10H13NO4/c1-3-4-10(2)8(14)6(5-7(12)13)11-9(10)15/h3,6H,1,4-5H2,2H3,(H,11,15)(H,12,13)/t6-,10?/m0/s1. The maximum Gasteiger partial charge on any atom is 0.305 e. The van der Waals surface area contributed by atoms with Crippen molar-refractivity contribution in [3.05, 3.63) is 12.7 Å². The fourth-order valence-electron chi connectivity index (χ4n) is 1.68. The van der Waals surface area contributed by atoms with Crippen molar-refractivity contribution >= 4 is 17.7 Å². The highest BCUT2D eigenvalue weighted by atomic mass is 16.4. The minimum absolute atomic E-state index is 0.230. The maximum atomic E-state index is 11.8. The van der Waals surface area contributed by atoms with Gasteiger partial charge in [0.25, 0.3) is 0 Å². The summed E-state index contributed by atoms with van der Waals surface area (Å²) in [6.07, 6.45) is 1.35. The van der Waals surface area contributed by atoms with Gasteiger partial charge in [-0.15, -0.1) is 6.58 Å². The molecule has 0 spiro atoms.